The minimum absolute atomic E-state index is 0.00463. The molecule has 1 N–H and O–H groups in total. The molecule has 0 aliphatic rings. The highest BCUT2D eigenvalue weighted by Crippen LogP contribution is 1.94. The Balaban J connectivity index is -0.000000234. The van der Waals surface area contributed by atoms with Gasteiger partial charge in [0.05, 0.1) is 31.5 Å². The Morgan fingerprint density at radius 3 is 1.24 bits per heavy atom. The minimum atomic E-state index is -0.741. The highest BCUT2D eigenvalue weighted by molar-refractivity contribution is 5.71. The van der Waals surface area contributed by atoms with Crippen molar-refractivity contribution in [1.29, 1.82) is 0 Å². The van der Waals surface area contributed by atoms with E-state index in [9.17, 15) is 14.4 Å². The molecule has 0 saturated heterocycles. The van der Waals surface area contributed by atoms with Crippen LogP contribution in [0.2, 0.25) is 0 Å². The molecule has 0 aliphatic carbocycles. The van der Waals surface area contributed by atoms with E-state index in [0.29, 0.717) is 6.61 Å². The molecule has 0 heterocycles. The van der Waals surface area contributed by atoms with Crippen LogP contribution in [0.5, 0.6) is 0 Å². The Labute approximate surface area is 127 Å². The van der Waals surface area contributed by atoms with Gasteiger partial charge in [0.1, 0.15) is 0 Å². The largest absolute Gasteiger partial charge is 0.481 e. The van der Waals surface area contributed by atoms with E-state index in [0.717, 1.165) is 0 Å². The number of ether oxygens (including phenoxy) is 2. The molecule has 0 saturated carbocycles. The van der Waals surface area contributed by atoms with Crippen molar-refractivity contribution in [3.63, 3.8) is 0 Å². The molecule has 0 aromatic heterocycles. The fourth-order valence-corrected chi connectivity index (χ4v) is 0.545. The third kappa shape index (κ3) is 20.9. The quantitative estimate of drug-likeness (QED) is 0.803. The Hall–Kier alpha value is -1.59. The van der Waals surface area contributed by atoms with E-state index < -0.39 is 5.97 Å². The first kappa shape index (κ1) is 24.4. The van der Waals surface area contributed by atoms with Gasteiger partial charge in [-0.05, 0) is 6.92 Å². The summed E-state index contributed by atoms with van der Waals surface area (Å²) in [7, 11) is 1.39. The zero-order valence-corrected chi connectivity index (χ0v) is 14.4. The van der Waals surface area contributed by atoms with Gasteiger partial charge in [-0.25, -0.2) is 0 Å². The second-order valence-corrected chi connectivity index (χ2v) is 5.08. The van der Waals surface area contributed by atoms with Gasteiger partial charge in [-0.3, -0.25) is 14.4 Å². The lowest BCUT2D eigenvalue weighted by atomic mass is 10.2. The molecule has 0 amide bonds. The van der Waals surface area contributed by atoms with Crippen molar-refractivity contribution < 1.29 is 29.0 Å². The van der Waals surface area contributed by atoms with Crippen LogP contribution in [0.3, 0.4) is 0 Å². The Morgan fingerprint density at radius 1 is 0.857 bits per heavy atom. The van der Waals surface area contributed by atoms with Crippen LogP contribution < -0.4 is 0 Å². The van der Waals surface area contributed by atoms with Crippen LogP contribution in [0.25, 0.3) is 0 Å². The first-order valence-electron chi connectivity index (χ1n) is 6.98. The summed E-state index contributed by atoms with van der Waals surface area (Å²) in [6.07, 6.45) is 0. The first-order chi connectivity index (χ1) is 9.50. The SMILES string of the molecule is CC(C)C(=O)O.CCOC(=O)C(C)C.COC(=O)C(C)C. The van der Waals surface area contributed by atoms with Crippen LogP contribution in [0, 0.1) is 17.8 Å². The molecule has 0 radical (unpaired) electrons. The van der Waals surface area contributed by atoms with E-state index in [4.69, 9.17) is 5.11 Å². The number of methoxy groups -OCH3 is 1. The first-order valence-corrected chi connectivity index (χ1v) is 6.98. The summed E-state index contributed by atoms with van der Waals surface area (Å²) in [6.45, 7) is 12.8. The lowest BCUT2D eigenvalue weighted by Gasteiger charge is -2.01. The second-order valence-electron chi connectivity index (χ2n) is 5.08. The maximum Gasteiger partial charge on any atom is 0.308 e. The van der Waals surface area contributed by atoms with Crippen molar-refractivity contribution in [3.05, 3.63) is 0 Å². The van der Waals surface area contributed by atoms with Crippen molar-refractivity contribution in [2.45, 2.75) is 48.5 Å². The summed E-state index contributed by atoms with van der Waals surface area (Å²) in [5.74, 6) is -1.23. The monoisotopic (exact) mass is 306 g/mol. The van der Waals surface area contributed by atoms with Gasteiger partial charge in [-0.2, -0.15) is 0 Å². The summed E-state index contributed by atoms with van der Waals surface area (Å²) >= 11 is 0. The highest BCUT2D eigenvalue weighted by atomic mass is 16.5. The number of carbonyl (C=O) groups excluding carboxylic acids is 2. The van der Waals surface area contributed by atoms with E-state index in [-0.39, 0.29) is 29.7 Å². The van der Waals surface area contributed by atoms with Crippen molar-refractivity contribution in [3.8, 4) is 0 Å². The molecule has 0 unspecified atom stereocenters. The summed E-state index contributed by atoms with van der Waals surface area (Å²) < 4.78 is 9.04. The lowest BCUT2D eigenvalue weighted by molar-refractivity contribution is -0.147. The van der Waals surface area contributed by atoms with Crippen LogP contribution in [0.4, 0.5) is 0 Å². The molecule has 0 aliphatic heterocycles. The van der Waals surface area contributed by atoms with E-state index >= 15 is 0 Å². The lowest BCUT2D eigenvalue weighted by Crippen LogP contribution is -2.10. The summed E-state index contributed by atoms with van der Waals surface area (Å²) in [5, 5.41) is 7.99. The molecular formula is C15H30O6. The zero-order chi connectivity index (χ0) is 17.6. The number of hydrogen-bond acceptors (Lipinski definition) is 5. The fourth-order valence-electron chi connectivity index (χ4n) is 0.545. The molecule has 0 spiro atoms. The van der Waals surface area contributed by atoms with Gasteiger partial charge in [0.25, 0.3) is 0 Å². The molecule has 0 fully saturated rings. The summed E-state index contributed by atoms with van der Waals surface area (Å²) in [5.41, 5.74) is 0. The highest BCUT2D eigenvalue weighted by Gasteiger charge is 2.05. The second kappa shape index (κ2) is 14.8. The van der Waals surface area contributed by atoms with Gasteiger partial charge in [0, 0.05) is 0 Å². The van der Waals surface area contributed by atoms with Gasteiger partial charge in [0.15, 0.2) is 0 Å². The number of carbonyl (C=O) groups is 3. The van der Waals surface area contributed by atoms with Crippen molar-refractivity contribution in [1.82, 2.24) is 0 Å². The third-order valence-corrected chi connectivity index (χ3v) is 1.92. The molecule has 0 aromatic carbocycles. The number of hydrogen-bond donors (Lipinski definition) is 1. The fraction of sp³-hybridized carbons (Fsp3) is 0.800. The van der Waals surface area contributed by atoms with Gasteiger partial charge >= 0.3 is 17.9 Å². The number of carboxylic acids is 1. The number of carboxylic acid groups (broad SMARTS) is 1. The van der Waals surface area contributed by atoms with E-state index in [1.165, 1.54) is 7.11 Å². The van der Waals surface area contributed by atoms with Gasteiger partial charge in [-0.15, -0.1) is 0 Å². The smallest absolute Gasteiger partial charge is 0.308 e. The average Bonchev–Trinajstić information content (AvgIpc) is 2.39. The summed E-state index contributed by atoms with van der Waals surface area (Å²) in [4.78, 5) is 30.5. The standard InChI is InChI=1S/C6H12O2.C5H10O2.C4H8O2/c1-4-8-6(7)5(2)3;1-4(2)5(6)7-3;1-3(2)4(5)6/h5H,4H2,1-3H3;4H,1-3H3;3H,1-2H3,(H,5,6). The molecule has 21 heavy (non-hydrogen) atoms. The van der Waals surface area contributed by atoms with Crippen LogP contribution in [0.15, 0.2) is 0 Å². The molecule has 0 rings (SSSR count). The minimum Gasteiger partial charge on any atom is -0.481 e. The van der Waals surface area contributed by atoms with Gasteiger partial charge < -0.3 is 14.6 Å². The zero-order valence-electron chi connectivity index (χ0n) is 14.4. The molecule has 0 atom stereocenters. The average molecular weight is 306 g/mol. The van der Waals surface area contributed by atoms with Crippen LogP contribution in [-0.2, 0) is 23.9 Å². The Kier molecular flexibility index (Phi) is 17.2. The van der Waals surface area contributed by atoms with E-state index in [1.807, 2.05) is 13.8 Å². The van der Waals surface area contributed by atoms with E-state index in [2.05, 4.69) is 9.47 Å². The van der Waals surface area contributed by atoms with Crippen LogP contribution >= 0.6 is 0 Å². The van der Waals surface area contributed by atoms with Crippen molar-refractivity contribution >= 4 is 17.9 Å². The Bertz CT molecular complexity index is 295. The Morgan fingerprint density at radius 2 is 1.19 bits per heavy atom. The molecular weight excluding hydrogens is 276 g/mol. The third-order valence-electron chi connectivity index (χ3n) is 1.92. The number of esters is 2. The normalized spacial score (nSPS) is 9.29. The van der Waals surface area contributed by atoms with Crippen molar-refractivity contribution in [2.24, 2.45) is 17.8 Å². The molecule has 6 heteroatoms. The molecule has 6 nitrogen and oxygen atoms in total. The molecule has 126 valence electrons. The molecule has 0 aromatic rings. The van der Waals surface area contributed by atoms with Crippen LogP contribution in [-0.4, -0.2) is 36.7 Å². The summed E-state index contributed by atoms with van der Waals surface area (Å²) in [6, 6.07) is 0. The topological polar surface area (TPSA) is 89.9 Å². The number of rotatable bonds is 4. The predicted octanol–water partition coefficient (Wildman–Crippen LogP) is 2.75. The maximum atomic E-state index is 10.5. The van der Waals surface area contributed by atoms with Crippen molar-refractivity contribution in [2.75, 3.05) is 13.7 Å². The van der Waals surface area contributed by atoms with Gasteiger partial charge in [-0.1, -0.05) is 41.5 Å². The van der Waals surface area contributed by atoms with Crippen LogP contribution in [0.1, 0.15) is 48.5 Å². The predicted molar refractivity (Wildman–Crippen MR) is 80.8 cm³/mol. The van der Waals surface area contributed by atoms with E-state index in [1.54, 1.807) is 34.6 Å². The van der Waals surface area contributed by atoms with Gasteiger partial charge in [0.2, 0.25) is 0 Å². The number of aliphatic carboxylic acids is 1. The molecule has 0 bridgehead atoms. The maximum absolute atomic E-state index is 10.5.